The van der Waals surface area contributed by atoms with Crippen molar-refractivity contribution in [3.63, 3.8) is 0 Å². The van der Waals surface area contributed by atoms with E-state index in [9.17, 15) is 9.59 Å². The van der Waals surface area contributed by atoms with E-state index >= 15 is 0 Å². The number of carbonyl (C=O) groups is 1. The number of aromatic nitrogens is 2. The van der Waals surface area contributed by atoms with E-state index < -0.39 is 0 Å². The third kappa shape index (κ3) is 5.09. The van der Waals surface area contributed by atoms with Crippen LogP contribution < -0.4 is 5.56 Å². The van der Waals surface area contributed by atoms with Gasteiger partial charge in [-0.15, -0.1) is 0 Å². The first-order valence-electron chi connectivity index (χ1n) is 9.96. The number of rotatable bonds is 6. The van der Waals surface area contributed by atoms with Crippen molar-refractivity contribution in [3.8, 4) is 0 Å². The Labute approximate surface area is 175 Å². The van der Waals surface area contributed by atoms with Crippen molar-refractivity contribution in [2.24, 2.45) is 11.8 Å². The Hall–Kier alpha value is -1.53. The summed E-state index contributed by atoms with van der Waals surface area (Å²) in [6, 6.07) is 5.16. The fourth-order valence-electron chi connectivity index (χ4n) is 3.50. The van der Waals surface area contributed by atoms with Gasteiger partial charge in [0.15, 0.2) is 5.16 Å². The third-order valence-corrected chi connectivity index (χ3v) is 6.34. The Bertz CT molecular complexity index is 912. The van der Waals surface area contributed by atoms with Crippen molar-refractivity contribution in [1.82, 2.24) is 14.5 Å². The van der Waals surface area contributed by atoms with Gasteiger partial charge in [-0.2, -0.15) is 0 Å². The van der Waals surface area contributed by atoms with Crippen molar-refractivity contribution in [2.45, 2.75) is 51.7 Å². The minimum Gasteiger partial charge on any atom is -0.342 e. The average Bonchev–Trinajstić information content (AvgIpc) is 2.65. The summed E-state index contributed by atoms with van der Waals surface area (Å²) in [5.41, 5.74) is 0.517. The molecule has 2 aromatic rings. The number of nitrogens with zero attached hydrogens (tertiary/aromatic N) is 3. The summed E-state index contributed by atoms with van der Waals surface area (Å²) in [5, 5.41) is 1.71. The van der Waals surface area contributed by atoms with E-state index in [-0.39, 0.29) is 11.5 Å². The molecular weight excluding hydrogens is 394 g/mol. The molecule has 0 radical (unpaired) electrons. The zero-order chi connectivity index (χ0) is 20.3. The van der Waals surface area contributed by atoms with E-state index in [1.807, 2.05) is 4.90 Å². The molecule has 0 bridgehead atoms. The van der Waals surface area contributed by atoms with E-state index in [0.717, 1.165) is 25.9 Å². The second kappa shape index (κ2) is 9.31. The lowest BCUT2D eigenvalue weighted by molar-refractivity contribution is -0.130. The van der Waals surface area contributed by atoms with Gasteiger partial charge in [0.25, 0.3) is 5.56 Å². The largest absolute Gasteiger partial charge is 0.342 e. The summed E-state index contributed by atoms with van der Waals surface area (Å²) in [7, 11) is 0. The predicted molar refractivity (Wildman–Crippen MR) is 116 cm³/mol. The second-order valence-electron chi connectivity index (χ2n) is 8.07. The Balaban J connectivity index is 1.86. The van der Waals surface area contributed by atoms with E-state index in [0.29, 0.717) is 45.2 Å². The molecule has 0 saturated carbocycles. The van der Waals surface area contributed by atoms with Gasteiger partial charge in [0.05, 0.1) is 16.7 Å². The molecule has 7 heteroatoms. The highest BCUT2D eigenvalue weighted by Gasteiger charge is 2.22. The van der Waals surface area contributed by atoms with Gasteiger partial charge in [-0.05, 0) is 49.3 Å². The minimum absolute atomic E-state index is 0.0659. The Morgan fingerprint density at radius 1 is 1.39 bits per heavy atom. The van der Waals surface area contributed by atoms with Gasteiger partial charge in [0, 0.05) is 24.7 Å². The van der Waals surface area contributed by atoms with Gasteiger partial charge in [0.1, 0.15) is 0 Å². The fourth-order valence-corrected chi connectivity index (χ4v) is 4.60. The van der Waals surface area contributed by atoms with Gasteiger partial charge < -0.3 is 4.90 Å². The molecule has 2 heterocycles. The van der Waals surface area contributed by atoms with Crippen LogP contribution in [-0.4, -0.2) is 39.2 Å². The first-order chi connectivity index (χ1) is 13.3. The standard InChI is InChI=1S/C21H28ClN3O2S/c1-14(2)8-10-25-20(27)17-7-6-16(22)11-18(17)23-21(25)28-13-19(26)24-9-4-5-15(3)12-24/h6-7,11,14-15H,4-5,8-10,12-13H2,1-3H3/t15-/m0/s1. The number of halogens is 1. The number of carbonyl (C=O) groups excluding carboxylic acids is 1. The van der Waals surface area contributed by atoms with Crippen LogP contribution in [0.15, 0.2) is 28.2 Å². The first-order valence-corrected chi connectivity index (χ1v) is 11.3. The Kier molecular flexibility index (Phi) is 7.05. The molecule has 1 aromatic heterocycles. The predicted octanol–water partition coefficient (Wildman–Crippen LogP) is 4.45. The number of benzene rings is 1. The molecule has 1 aliphatic heterocycles. The Morgan fingerprint density at radius 2 is 2.18 bits per heavy atom. The molecular formula is C21H28ClN3O2S. The fraction of sp³-hybridized carbons (Fsp3) is 0.571. The van der Waals surface area contributed by atoms with E-state index in [4.69, 9.17) is 11.6 Å². The molecule has 0 aliphatic carbocycles. The molecule has 1 atom stereocenters. The number of hydrogen-bond donors (Lipinski definition) is 0. The first kappa shape index (κ1) is 21.2. The van der Waals surface area contributed by atoms with Crippen LogP contribution >= 0.6 is 23.4 Å². The second-order valence-corrected chi connectivity index (χ2v) is 9.45. The summed E-state index contributed by atoms with van der Waals surface area (Å²) >= 11 is 7.45. The van der Waals surface area contributed by atoms with Crippen LogP contribution in [0.25, 0.3) is 10.9 Å². The normalized spacial score (nSPS) is 17.5. The molecule has 0 spiro atoms. The highest BCUT2D eigenvalue weighted by atomic mass is 35.5. The summed E-state index contributed by atoms with van der Waals surface area (Å²) < 4.78 is 1.72. The molecule has 1 fully saturated rings. The maximum absolute atomic E-state index is 13.0. The molecule has 5 nitrogen and oxygen atoms in total. The van der Waals surface area contributed by atoms with Gasteiger partial charge in [-0.3, -0.25) is 14.2 Å². The summed E-state index contributed by atoms with van der Waals surface area (Å²) in [5.74, 6) is 1.44. The lowest BCUT2D eigenvalue weighted by atomic mass is 10.0. The maximum Gasteiger partial charge on any atom is 0.262 e. The highest BCUT2D eigenvalue weighted by molar-refractivity contribution is 7.99. The van der Waals surface area contributed by atoms with Crippen LogP contribution in [-0.2, 0) is 11.3 Å². The summed E-state index contributed by atoms with van der Waals surface area (Å²) in [6.07, 6.45) is 3.12. The van der Waals surface area contributed by atoms with Crippen molar-refractivity contribution < 1.29 is 4.79 Å². The molecule has 1 saturated heterocycles. The zero-order valence-corrected chi connectivity index (χ0v) is 18.4. The number of fused-ring (bicyclic) bond motifs is 1. The van der Waals surface area contributed by atoms with Crippen molar-refractivity contribution in [1.29, 1.82) is 0 Å². The third-order valence-electron chi connectivity index (χ3n) is 5.15. The van der Waals surface area contributed by atoms with E-state index in [1.165, 1.54) is 18.2 Å². The van der Waals surface area contributed by atoms with Crippen molar-refractivity contribution in [2.75, 3.05) is 18.8 Å². The molecule has 152 valence electrons. The van der Waals surface area contributed by atoms with Crippen LogP contribution in [0, 0.1) is 11.8 Å². The van der Waals surface area contributed by atoms with Crippen LogP contribution in [0.3, 0.4) is 0 Å². The molecule has 1 aromatic carbocycles. The van der Waals surface area contributed by atoms with Crippen LogP contribution in [0.5, 0.6) is 0 Å². The Morgan fingerprint density at radius 3 is 2.89 bits per heavy atom. The van der Waals surface area contributed by atoms with Crippen LogP contribution in [0.1, 0.15) is 40.0 Å². The lowest BCUT2D eigenvalue weighted by Gasteiger charge is -2.30. The molecule has 1 aliphatic rings. The zero-order valence-electron chi connectivity index (χ0n) is 16.8. The molecule has 28 heavy (non-hydrogen) atoms. The van der Waals surface area contributed by atoms with Crippen LogP contribution in [0.4, 0.5) is 0 Å². The summed E-state index contributed by atoms with van der Waals surface area (Å²) in [6.45, 7) is 8.69. The van der Waals surface area contributed by atoms with E-state index in [1.54, 1.807) is 22.8 Å². The van der Waals surface area contributed by atoms with Gasteiger partial charge in [-0.25, -0.2) is 4.98 Å². The molecule has 0 unspecified atom stereocenters. The number of thioether (sulfide) groups is 1. The minimum atomic E-state index is -0.0659. The monoisotopic (exact) mass is 421 g/mol. The smallest absolute Gasteiger partial charge is 0.262 e. The maximum atomic E-state index is 13.0. The van der Waals surface area contributed by atoms with E-state index in [2.05, 4.69) is 25.8 Å². The number of piperidine rings is 1. The lowest BCUT2D eigenvalue weighted by Crippen LogP contribution is -2.40. The van der Waals surface area contributed by atoms with Crippen molar-refractivity contribution >= 4 is 40.2 Å². The number of hydrogen-bond acceptors (Lipinski definition) is 4. The topological polar surface area (TPSA) is 55.2 Å². The summed E-state index contributed by atoms with van der Waals surface area (Å²) in [4.78, 5) is 32.3. The molecule has 0 N–H and O–H groups in total. The number of amides is 1. The van der Waals surface area contributed by atoms with Gasteiger partial charge in [0.2, 0.25) is 5.91 Å². The van der Waals surface area contributed by atoms with Crippen LogP contribution in [0.2, 0.25) is 5.02 Å². The average molecular weight is 422 g/mol. The molecule has 3 rings (SSSR count). The quantitative estimate of drug-likeness (QED) is 0.510. The SMILES string of the molecule is CC(C)CCn1c(SCC(=O)N2CCC[C@H](C)C2)nc2cc(Cl)ccc2c1=O. The number of likely N-dealkylation sites (tertiary alicyclic amines) is 1. The van der Waals surface area contributed by atoms with Crippen molar-refractivity contribution in [3.05, 3.63) is 33.6 Å². The highest BCUT2D eigenvalue weighted by Crippen LogP contribution is 2.23. The van der Waals surface area contributed by atoms with Gasteiger partial charge in [-0.1, -0.05) is 44.1 Å². The molecule has 1 amide bonds. The van der Waals surface area contributed by atoms with Gasteiger partial charge >= 0.3 is 0 Å².